The van der Waals surface area contributed by atoms with E-state index in [-0.39, 0.29) is 13.0 Å². The number of benzene rings is 1. The molecule has 0 amide bonds. The Morgan fingerprint density at radius 2 is 2.25 bits per heavy atom. The Bertz CT molecular complexity index is 423. The van der Waals surface area contributed by atoms with Gasteiger partial charge in [-0.05, 0) is 18.2 Å². The first kappa shape index (κ1) is 11.4. The van der Waals surface area contributed by atoms with Crippen LogP contribution in [-0.2, 0) is 4.79 Å². The van der Waals surface area contributed by atoms with Crippen LogP contribution in [-0.4, -0.2) is 34.9 Å². The van der Waals surface area contributed by atoms with E-state index in [0.29, 0.717) is 6.54 Å². The van der Waals surface area contributed by atoms with Crippen LogP contribution in [0.4, 0.5) is 5.69 Å². The van der Waals surface area contributed by atoms with Gasteiger partial charge in [0.15, 0.2) is 5.60 Å². The van der Waals surface area contributed by atoms with Crippen LogP contribution in [0.1, 0.15) is 6.42 Å². The van der Waals surface area contributed by atoms with E-state index < -0.39 is 11.6 Å². The number of anilines is 1. The van der Waals surface area contributed by atoms with E-state index in [9.17, 15) is 9.90 Å². The minimum Gasteiger partial charge on any atom is -0.479 e. The number of β-amino-alcohol motifs (C(OH)–C–C–N with tert-alkyl or cyclic N) is 1. The van der Waals surface area contributed by atoms with E-state index >= 15 is 0 Å². The zero-order valence-corrected chi connectivity index (χ0v) is 10.1. The monoisotopic (exact) mass is 285 g/mol. The lowest BCUT2D eigenvalue weighted by atomic mass is 10.0. The number of rotatable bonds is 2. The van der Waals surface area contributed by atoms with Crippen molar-refractivity contribution in [3.63, 3.8) is 0 Å². The molecule has 0 radical (unpaired) electrons. The second kappa shape index (κ2) is 4.07. The van der Waals surface area contributed by atoms with Gasteiger partial charge in [0.2, 0.25) is 0 Å². The Balaban J connectivity index is 2.18. The highest BCUT2D eigenvalue weighted by atomic mass is 79.9. The van der Waals surface area contributed by atoms with Crippen LogP contribution in [0.5, 0.6) is 0 Å². The first-order valence-corrected chi connectivity index (χ1v) is 5.77. The summed E-state index contributed by atoms with van der Waals surface area (Å²) < 4.78 is 0.941. The maximum Gasteiger partial charge on any atom is 0.337 e. The van der Waals surface area contributed by atoms with Crippen molar-refractivity contribution in [1.29, 1.82) is 0 Å². The van der Waals surface area contributed by atoms with Crippen LogP contribution in [0.3, 0.4) is 0 Å². The fourth-order valence-electron chi connectivity index (χ4n) is 1.86. The fourth-order valence-corrected chi connectivity index (χ4v) is 2.25. The number of aliphatic carboxylic acids is 1. The van der Waals surface area contributed by atoms with Crippen LogP contribution in [0.15, 0.2) is 28.7 Å². The molecule has 4 nitrogen and oxygen atoms in total. The van der Waals surface area contributed by atoms with Gasteiger partial charge < -0.3 is 15.1 Å². The van der Waals surface area contributed by atoms with Gasteiger partial charge in [-0.2, -0.15) is 0 Å². The molecule has 1 fully saturated rings. The SMILES string of the molecule is O=C(O)C1(O)CCN(c2cccc(Br)c2)C1. The molecule has 86 valence electrons. The molecule has 2 rings (SSSR count). The molecule has 1 heterocycles. The van der Waals surface area contributed by atoms with Crippen LogP contribution in [0, 0.1) is 0 Å². The molecule has 1 aliphatic rings. The van der Waals surface area contributed by atoms with Crippen LogP contribution < -0.4 is 4.90 Å². The normalized spacial score (nSPS) is 24.8. The van der Waals surface area contributed by atoms with Gasteiger partial charge in [0.05, 0.1) is 6.54 Å². The summed E-state index contributed by atoms with van der Waals surface area (Å²) in [6.45, 7) is 0.692. The quantitative estimate of drug-likeness (QED) is 0.864. The fraction of sp³-hybridized carbons (Fsp3) is 0.364. The minimum atomic E-state index is -1.61. The molecule has 0 aliphatic carbocycles. The van der Waals surface area contributed by atoms with E-state index in [1.807, 2.05) is 29.2 Å². The van der Waals surface area contributed by atoms with Crippen molar-refractivity contribution in [3.8, 4) is 0 Å². The number of carboxylic acid groups (broad SMARTS) is 1. The van der Waals surface area contributed by atoms with Gasteiger partial charge in [0, 0.05) is 23.1 Å². The number of carboxylic acids is 1. The van der Waals surface area contributed by atoms with Crippen molar-refractivity contribution in [2.75, 3.05) is 18.0 Å². The average Bonchev–Trinajstić information content (AvgIpc) is 2.62. The number of halogens is 1. The lowest BCUT2D eigenvalue weighted by Gasteiger charge is -2.21. The lowest BCUT2D eigenvalue weighted by Crippen LogP contribution is -2.41. The molecule has 1 atom stereocenters. The topological polar surface area (TPSA) is 60.8 Å². The maximum absolute atomic E-state index is 10.9. The zero-order valence-electron chi connectivity index (χ0n) is 8.56. The predicted molar refractivity (Wildman–Crippen MR) is 63.6 cm³/mol. The summed E-state index contributed by atoms with van der Waals surface area (Å²) in [6, 6.07) is 7.60. The number of carbonyl (C=O) groups is 1. The van der Waals surface area contributed by atoms with E-state index in [2.05, 4.69) is 15.9 Å². The molecule has 1 aromatic carbocycles. The first-order chi connectivity index (χ1) is 7.51. The Hall–Kier alpha value is -1.07. The predicted octanol–water partition coefficient (Wildman–Crippen LogP) is 1.47. The Labute approximate surface area is 102 Å². The smallest absolute Gasteiger partial charge is 0.337 e. The number of hydrogen-bond acceptors (Lipinski definition) is 3. The van der Waals surface area contributed by atoms with E-state index in [0.717, 1.165) is 10.2 Å². The van der Waals surface area contributed by atoms with Crippen molar-refractivity contribution in [2.24, 2.45) is 0 Å². The summed E-state index contributed by atoms with van der Waals surface area (Å²) in [6.07, 6.45) is 0.259. The molecule has 2 N–H and O–H groups in total. The second-order valence-corrected chi connectivity index (χ2v) is 4.90. The summed E-state index contributed by atoms with van der Waals surface area (Å²) >= 11 is 3.36. The van der Waals surface area contributed by atoms with Gasteiger partial charge in [-0.25, -0.2) is 4.79 Å². The van der Waals surface area contributed by atoms with Gasteiger partial charge >= 0.3 is 5.97 Å². The van der Waals surface area contributed by atoms with E-state index in [4.69, 9.17) is 5.11 Å². The van der Waals surface area contributed by atoms with Gasteiger partial charge in [-0.1, -0.05) is 22.0 Å². The van der Waals surface area contributed by atoms with Crippen molar-refractivity contribution in [2.45, 2.75) is 12.0 Å². The summed E-state index contributed by atoms with van der Waals surface area (Å²) in [5.74, 6) is -1.15. The summed E-state index contributed by atoms with van der Waals surface area (Å²) in [5.41, 5.74) is -0.686. The number of hydrogen-bond donors (Lipinski definition) is 2. The highest BCUT2D eigenvalue weighted by molar-refractivity contribution is 9.10. The van der Waals surface area contributed by atoms with Crippen molar-refractivity contribution in [3.05, 3.63) is 28.7 Å². The third kappa shape index (κ3) is 2.05. The van der Waals surface area contributed by atoms with Crippen LogP contribution in [0.25, 0.3) is 0 Å². The number of nitrogens with zero attached hydrogens (tertiary/aromatic N) is 1. The van der Waals surface area contributed by atoms with Gasteiger partial charge in [-0.15, -0.1) is 0 Å². The molecular weight excluding hydrogens is 274 g/mol. The average molecular weight is 286 g/mol. The maximum atomic E-state index is 10.9. The molecule has 0 aromatic heterocycles. The highest BCUT2D eigenvalue weighted by Gasteiger charge is 2.43. The number of aliphatic hydroxyl groups is 1. The van der Waals surface area contributed by atoms with E-state index in [1.54, 1.807) is 0 Å². The Morgan fingerprint density at radius 3 is 2.81 bits per heavy atom. The molecule has 16 heavy (non-hydrogen) atoms. The standard InChI is InChI=1S/C11H12BrNO3/c12-8-2-1-3-9(6-8)13-5-4-11(16,7-13)10(14)15/h1-3,6,16H,4-5,7H2,(H,14,15). The van der Waals surface area contributed by atoms with Crippen LogP contribution in [0.2, 0.25) is 0 Å². The molecule has 0 spiro atoms. The molecule has 1 saturated heterocycles. The summed E-state index contributed by atoms with van der Waals surface area (Å²) in [5, 5.41) is 18.7. The van der Waals surface area contributed by atoms with Gasteiger partial charge in [-0.3, -0.25) is 0 Å². The van der Waals surface area contributed by atoms with Crippen molar-refractivity contribution >= 4 is 27.6 Å². The highest BCUT2D eigenvalue weighted by Crippen LogP contribution is 2.28. The van der Waals surface area contributed by atoms with Gasteiger partial charge in [0.1, 0.15) is 0 Å². The van der Waals surface area contributed by atoms with Crippen molar-refractivity contribution in [1.82, 2.24) is 0 Å². The van der Waals surface area contributed by atoms with Crippen molar-refractivity contribution < 1.29 is 15.0 Å². The third-order valence-corrected chi connectivity index (χ3v) is 3.31. The minimum absolute atomic E-state index is 0.138. The third-order valence-electron chi connectivity index (χ3n) is 2.82. The largest absolute Gasteiger partial charge is 0.479 e. The summed E-state index contributed by atoms with van der Waals surface area (Å²) in [7, 11) is 0. The molecule has 1 aromatic rings. The Morgan fingerprint density at radius 1 is 1.50 bits per heavy atom. The van der Waals surface area contributed by atoms with Gasteiger partial charge in [0.25, 0.3) is 0 Å². The second-order valence-electron chi connectivity index (χ2n) is 3.99. The summed E-state index contributed by atoms with van der Waals surface area (Å²) in [4.78, 5) is 12.8. The molecule has 0 saturated carbocycles. The molecule has 0 bridgehead atoms. The van der Waals surface area contributed by atoms with E-state index in [1.165, 1.54) is 0 Å². The molecular formula is C11H12BrNO3. The van der Waals surface area contributed by atoms with Crippen LogP contribution >= 0.6 is 15.9 Å². The molecule has 1 unspecified atom stereocenters. The first-order valence-electron chi connectivity index (χ1n) is 4.97. The Kier molecular flexibility index (Phi) is 2.90. The molecule has 5 heteroatoms. The zero-order chi connectivity index (χ0) is 11.8. The lowest BCUT2D eigenvalue weighted by molar-refractivity contribution is -0.156. The molecule has 1 aliphatic heterocycles.